The quantitative estimate of drug-likeness (QED) is 0.871. The second-order valence-electron chi connectivity index (χ2n) is 5.86. The molecule has 1 aromatic carbocycles. The summed E-state index contributed by atoms with van der Waals surface area (Å²) in [5.41, 5.74) is 0.724. The summed E-state index contributed by atoms with van der Waals surface area (Å²) in [6.45, 7) is 5.38. The maximum atomic E-state index is 13.1. The van der Waals surface area contributed by atoms with Crippen molar-refractivity contribution in [2.75, 3.05) is 6.54 Å². The Morgan fingerprint density at radius 1 is 1.11 bits per heavy atom. The van der Waals surface area contributed by atoms with Crippen molar-refractivity contribution in [2.45, 2.75) is 45.6 Å². The van der Waals surface area contributed by atoms with Gasteiger partial charge in [-0.3, -0.25) is 0 Å². The molecule has 0 spiro atoms. The van der Waals surface area contributed by atoms with E-state index in [1.165, 1.54) is 31.4 Å². The van der Waals surface area contributed by atoms with Crippen LogP contribution in [0.2, 0.25) is 0 Å². The van der Waals surface area contributed by atoms with Gasteiger partial charge in [-0.05, 0) is 48.9 Å². The highest BCUT2D eigenvalue weighted by Crippen LogP contribution is 2.29. The van der Waals surface area contributed by atoms with Crippen molar-refractivity contribution in [2.24, 2.45) is 11.8 Å². The van der Waals surface area contributed by atoms with Crippen molar-refractivity contribution in [3.8, 4) is 0 Å². The van der Waals surface area contributed by atoms with Crippen molar-refractivity contribution < 1.29 is 8.78 Å². The molecule has 1 nitrogen and oxygen atoms in total. The van der Waals surface area contributed by atoms with Crippen LogP contribution in [-0.2, 0) is 6.42 Å². The summed E-state index contributed by atoms with van der Waals surface area (Å²) < 4.78 is 26.1. The molecule has 0 radical (unpaired) electrons. The van der Waals surface area contributed by atoms with E-state index in [1.54, 1.807) is 0 Å². The van der Waals surface area contributed by atoms with Crippen LogP contribution < -0.4 is 5.32 Å². The van der Waals surface area contributed by atoms with Gasteiger partial charge in [-0.15, -0.1) is 0 Å². The van der Waals surface area contributed by atoms with Crippen LogP contribution in [0.4, 0.5) is 8.78 Å². The van der Waals surface area contributed by atoms with E-state index < -0.39 is 11.6 Å². The number of rotatable bonds is 4. The Bertz CT molecular complexity index is 399. The molecular weight excluding hydrogens is 244 g/mol. The summed E-state index contributed by atoms with van der Waals surface area (Å²) in [6, 6.07) is 4.29. The third kappa shape index (κ3) is 4.00. The fourth-order valence-corrected chi connectivity index (χ4v) is 3.03. The van der Waals surface area contributed by atoms with Crippen LogP contribution in [0, 0.1) is 23.5 Å². The van der Waals surface area contributed by atoms with Crippen molar-refractivity contribution in [3.63, 3.8) is 0 Å². The van der Waals surface area contributed by atoms with E-state index in [0.29, 0.717) is 18.4 Å². The lowest BCUT2D eigenvalue weighted by Gasteiger charge is -2.34. The lowest BCUT2D eigenvalue weighted by atomic mass is 9.78. The van der Waals surface area contributed by atoms with Crippen molar-refractivity contribution in [1.82, 2.24) is 5.32 Å². The maximum Gasteiger partial charge on any atom is 0.126 e. The van der Waals surface area contributed by atoms with E-state index >= 15 is 0 Å². The second-order valence-corrected chi connectivity index (χ2v) is 5.86. The predicted octanol–water partition coefficient (Wildman–Crippen LogP) is 3.92. The Labute approximate surface area is 114 Å². The van der Waals surface area contributed by atoms with Gasteiger partial charge >= 0.3 is 0 Å². The van der Waals surface area contributed by atoms with Crippen molar-refractivity contribution in [1.29, 1.82) is 0 Å². The highest BCUT2D eigenvalue weighted by atomic mass is 19.1. The standard InChI is InChI=1S/C16H23F2N/c1-11-4-3-5-16(12(11)2)19-7-6-13-8-14(17)10-15(18)9-13/h8-12,16,19H,3-7H2,1-2H3. The molecule has 1 saturated carbocycles. The molecule has 3 unspecified atom stereocenters. The molecule has 0 bridgehead atoms. The molecule has 1 aliphatic rings. The molecule has 0 amide bonds. The molecule has 106 valence electrons. The topological polar surface area (TPSA) is 12.0 Å². The molecule has 1 N–H and O–H groups in total. The van der Waals surface area contributed by atoms with Crippen LogP contribution in [0.25, 0.3) is 0 Å². The van der Waals surface area contributed by atoms with Gasteiger partial charge in [0.1, 0.15) is 11.6 Å². The third-order valence-electron chi connectivity index (χ3n) is 4.45. The van der Waals surface area contributed by atoms with E-state index in [9.17, 15) is 8.78 Å². The second kappa shape index (κ2) is 6.47. The van der Waals surface area contributed by atoms with Crippen LogP contribution in [0.3, 0.4) is 0 Å². The van der Waals surface area contributed by atoms with Gasteiger partial charge in [-0.25, -0.2) is 8.78 Å². The monoisotopic (exact) mass is 267 g/mol. The van der Waals surface area contributed by atoms with E-state index in [1.807, 2.05) is 0 Å². The number of hydrogen-bond donors (Lipinski definition) is 1. The Morgan fingerprint density at radius 3 is 2.47 bits per heavy atom. The molecule has 3 heteroatoms. The Kier molecular flexibility index (Phi) is 4.92. The Hall–Kier alpha value is -0.960. The van der Waals surface area contributed by atoms with Gasteiger partial charge in [0.25, 0.3) is 0 Å². The summed E-state index contributed by atoms with van der Waals surface area (Å²) in [5.74, 6) is 0.458. The van der Waals surface area contributed by atoms with Crippen LogP contribution in [-0.4, -0.2) is 12.6 Å². The number of halogens is 2. The van der Waals surface area contributed by atoms with E-state index in [2.05, 4.69) is 19.2 Å². The first-order valence-corrected chi connectivity index (χ1v) is 7.24. The zero-order valence-electron chi connectivity index (χ0n) is 11.8. The van der Waals surface area contributed by atoms with Crippen LogP contribution in [0.1, 0.15) is 38.7 Å². The molecule has 0 aliphatic heterocycles. The summed E-state index contributed by atoms with van der Waals surface area (Å²) in [5, 5.41) is 3.54. The van der Waals surface area contributed by atoms with E-state index in [0.717, 1.165) is 24.1 Å². The summed E-state index contributed by atoms with van der Waals surface area (Å²) >= 11 is 0. The number of hydrogen-bond acceptors (Lipinski definition) is 1. The molecule has 1 aliphatic carbocycles. The van der Waals surface area contributed by atoms with Gasteiger partial charge in [0.15, 0.2) is 0 Å². The number of benzene rings is 1. The molecule has 1 aromatic rings. The van der Waals surface area contributed by atoms with Gasteiger partial charge in [-0.1, -0.05) is 26.7 Å². The van der Waals surface area contributed by atoms with E-state index in [4.69, 9.17) is 0 Å². The summed E-state index contributed by atoms with van der Waals surface area (Å²) in [4.78, 5) is 0. The number of nitrogens with one attached hydrogen (secondary N) is 1. The minimum atomic E-state index is -0.491. The molecule has 3 atom stereocenters. The highest BCUT2D eigenvalue weighted by molar-refractivity contribution is 5.18. The van der Waals surface area contributed by atoms with E-state index in [-0.39, 0.29) is 0 Å². The molecule has 0 aromatic heterocycles. The zero-order chi connectivity index (χ0) is 13.8. The van der Waals surface area contributed by atoms with Gasteiger partial charge in [-0.2, -0.15) is 0 Å². The van der Waals surface area contributed by atoms with Gasteiger partial charge < -0.3 is 5.32 Å². The minimum Gasteiger partial charge on any atom is -0.313 e. The lowest BCUT2D eigenvalue weighted by molar-refractivity contribution is 0.208. The molecule has 0 heterocycles. The Balaban J connectivity index is 1.82. The summed E-state index contributed by atoms with van der Waals surface area (Å²) in [6.07, 6.45) is 4.47. The van der Waals surface area contributed by atoms with Crippen LogP contribution in [0.15, 0.2) is 18.2 Å². The average molecular weight is 267 g/mol. The molecule has 1 fully saturated rings. The fourth-order valence-electron chi connectivity index (χ4n) is 3.03. The SMILES string of the molecule is CC1CCCC(NCCc2cc(F)cc(F)c2)C1C. The normalized spacial score (nSPS) is 27.5. The zero-order valence-corrected chi connectivity index (χ0v) is 11.8. The third-order valence-corrected chi connectivity index (χ3v) is 4.45. The summed E-state index contributed by atoms with van der Waals surface area (Å²) in [7, 11) is 0. The molecule has 19 heavy (non-hydrogen) atoms. The Morgan fingerprint density at radius 2 is 1.79 bits per heavy atom. The smallest absolute Gasteiger partial charge is 0.126 e. The first-order chi connectivity index (χ1) is 9.06. The first-order valence-electron chi connectivity index (χ1n) is 7.24. The lowest BCUT2D eigenvalue weighted by Crippen LogP contribution is -2.41. The average Bonchev–Trinajstić information content (AvgIpc) is 2.33. The maximum absolute atomic E-state index is 13.1. The largest absolute Gasteiger partial charge is 0.313 e. The minimum absolute atomic E-state index is 0.491. The predicted molar refractivity (Wildman–Crippen MR) is 74.0 cm³/mol. The van der Waals surface area contributed by atoms with Gasteiger partial charge in [0.05, 0.1) is 0 Å². The van der Waals surface area contributed by atoms with Gasteiger partial charge in [0.2, 0.25) is 0 Å². The van der Waals surface area contributed by atoms with Crippen LogP contribution in [0.5, 0.6) is 0 Å². The van der Waals surface area contributed by atoms with Crippen LogP contribution >= 0.6 is 0 Å². The van der Waals surface area contributed by atoms with Crippen molar-refractivity contribution >= 4 is 0 Å². The molecule has 0 saturated heterocycles. The first kappa shape index (κ1) is 14.4. The van der Waals surface area contributed by atoms with Gasteiger partial charge in [0, 0.05) is 12.1 Å². The fraction of sp³-hybridized carbons (Fsp3) is 0.625. The molecule has 2 rings (SSSR count). The van der Waals surface area contributed by atoms with Crippen molar-refractivity contribution in [3.05, 3.63) is 35.4 Å². The molecular formula is C16H23F2N. The highest BCUT2D eigenvalue weighted by Gasteiger charge is 2.26.